The molecular formula is C17H31N3O. The molecule has 0 saturated carbocycles. The number of hydrogen-bond donors (Lipinski definition) is 1. The minimum absolute atomic E-state index is 0.503. The van der Waals surface area contributed by atoms with E-state index < -0.39 is 0 Å². The lowest BCUT2D eigenvalue weighted by molar-refractivity contribution is 0.205. The van der Waals surface area contributed by atoms with Crippen LogP contribution in [0.3, 0.4) is 0 Å². The van der Waals surface area contributed by atoms with E-state index in [9.17, 15) is 0 Å². The van der Waals surface area contributed by atoms with Gasteiger partial charge >= 0.3 is 0 Å². The number of likely N-dealkylation sites (tertiary alicyclic amines) is 1. The zero-order valence-electron chi connectivity index (χ0n) is 14.3. The van der Waals surface area contributed by atoms with Crippen molar-refractivity contribution in [3.63, 3.8) is 0 Å². The lowest BCUT2D eigenvalue weighted by Gasteiger charge is -2.25. The highest BCUT2D eigenvalue weighted by Crippen LogP contribution is 2.19. The summed E-state index contributed by atoms with van der Waals surface area (Å²) >= 11 is 0. The fourth-order valence-corrected chi connectivity index (χ4v) is 3.06. The van der Waals surface area contributed by atoms with Gasteiger partial charge in [-0.15, -0.1) is 0 Å². The Labute approximate surface area is 129 Å². The first-order chi connectivity index (χ1) is 9.95. The number of aryl methyl sites for hydroxylation is 1. The number of hydrogen-bond acceptors (Lipinski definition) is 4. The zero-order valence-corrected chi connectivity index (χ0v) is 14.3. The van der Waals surface area contributed by atoms with Crippen molar-refractivity contribution in [3.8, 4) is 0 Å². The van der Waals surface area contributed by atoms with Gasteiger partial charge in [-0.3, -0.25) is 4.90 Å². The molecule has 0 radical (unpaired) electrons. The Balaban J connectivity index is 1.85. The van der Waals surface area contributed by atoms with Crippen LogP contribution in [0.4, 0.5) is 0 Å². The lowest BCUT2D eigenvalue weighted by atomic mass is 10.2. The fourth-order valence-electron chi connectivity index (χ4n) is 3.06. The van der Waals surface area contributed by atoms with Gasteiger partial charge in [0.25, 0.3) is 0 Å². The highest BCUT2D eigenvalue weighted by molar-refractivity contribution is 5.20. The lowest BCUT2D eigenvalue weighted by Crippen LogP contribution is -2.36. The molecule has 1 N–H and O–H groups in total. The molecule has 1 atom stereocenters. The molecule has 1 aliphatic rings. The Morgan fingerprint density at radius 2 is 2.24 bits per heavy atom. The van der Waals surface area contributed by atoms with Crippen LogP contribution in [0.1, 0.15) is 43.8 Å². The maximum Gasteiger partial charge on any atom is 0.118 e. The van der Waals surface area contributed by atoms with Gasteiger partial charge in [-0.05, 0) is 46.5 Å². The monoisotopic (exact) mass is 293 g/mol. The van der Waals surface area contributed by atoms with Gasteiger partial charge in [0.15, 0.2) is 0 Å². The molecule has 0 aromatic carbocycles. The molecule has 1 unspecified atom stereocenters. The van der Waals surface area contributed by atoms with Crippen LogP contribution in [0.5, 0.6) is 0 Å². The maximum absolute atomic E-state index is 5.91. The molecule has 21 heavy (non-hydrogen) atoms. The third-order valence-electron chi connectivity index (χ3n) is 4.39. The van der Waals surface area contributed by atoms with Crippen molar-refractivity contribution in [2.75, 3.05) is 27.2 Å². The van der Waals surface area contributed by atoms with Crippen LogP contribution in [0.15, 0.2) is 10.5 Å². The first-order valence-corrected chi connectivity index (χ1v) is 8.16. The van der Waals surface area contributed by atoms with E-state index in [1.807, 2.05) is 0 Å². The number of rotatable bonds is 7. The fraction of sp³-hybridized carbons (Fsp3) is 0.765. The molecule has 0 amide bonds. The molecule has 1 fully saturated rings. The predicted octanol–water partition coefficient (Wildman–Crippen LogP) is 2.61. The molecule has 1 aromatic rings. The number of likely N-dealkylation sites (N-methyl/N-ethyl adjacent to an activating group) is 2. The largest absolute Gasteiger partial charge is 0.465 e. The van der Waals surface area contributed by atoms with E-state index in [4.69, 9.17) is 4.42 Å². The third-order valence-corrected chi connectivity index (χ3v) is 4.39. The quantitative estimate of drug-likeness (QED) is 0.837. The highest BCUT2D eigenvalue weighted by atomic mass is 16.3. The Hall–Kier alpha value is -0.840. The van der Waals surface area contributed by atoms with Crippen molar-refractivity contribution in [2.45, 2.75) is 58.8 Å². The van der Waals surface area contributed by atoms with Crippen molar-refractivity contribution in [3.05, 3.63) is 23.2 Å². The standard InChI is InChI=1S/C17H31N3O/c1-13(2)18-10-15-9-17(21-14(15)3)12-19(4)11-16-7-6-8-20(16)5/h9,13,16,18H,6-8,10-12H2,1-5H3. The van der Waals surface area contributed by atoms with E-state index in [-0.39, 0.29) is 0 Å². The Morgan fingerprint density at radius 3 is 2.86 bits per heavy atom. The van der Waals surface area contributed by atoms with E-state index in [1.54, 1.807) is 0 Å². The number of furan rings is 1. The Bertz CT molecular complexity index is 441. The van der Waals surface area contributed by atoms with Gasteiger partial charge in [0, 0.05) is 30.7 Å². The molecule has 120 valence electrons. The molecule has 4 heteroatoms. The van der Waals surface area contributed by atoms with E-state index in [1.165, 1.54) is 24.9 Å². The molecule has 0 aliphatic carbocycles. The van der Waals surface area contributed by atoms with Crippen LogP contribution in [0.2, 0.25) is 0 Å². The smallest absolute Gasteiger partial charge is 0.118 e. The zero-order chi connectivity index (χ0) is 15.4. The summed E-state index contributed by atoms with van der Waals surface area (Å²) in [6.45, 7) is 10.5. The summed E-state index contributed by atoms with van der Waals surface area (Å²) in [5.41, 5.74) is 1.28. The molecular weight excluding hydrogens is 262 g/mol. The third kappa shape index (κ3) is 4.83. The van der Waals surface area contributed by atoms with Gasteiger partial charge in [0.2, 0.25) is 0 Å². The molecule has 1 aliphatic heterocycles. The Morgan fingerprint density at radius 1 is 1.48 bits per heavy atom. The highest BCUT2D eigenvalue weighted by Gasteiger charge is 2.22. The summed E-state index contributed by atoms with van der Waals surface area (Å²) in [7, 11) is 4.42. The van der Waals surface area contributed by atoms with Gasteiger partial charge < -0.3 is 14.6 Å². The van der Waals surface area contributed by atoms with Gasteiger partial charge in [0.1, 0.15) is 11.5 Å². The van der Waals surface area contributed by atoms with Crippen LogP contribution < -0.4 is 5.32 Å². The average Bonchev–Trinajstić information content (AvgIpc) is 2.94. The van der Waals surface area contributed by atoms with Crippen molar-refractivity contribution in [1.82, 2.24) is 15.1 Å². The second-order valence-electron chi connectivity index (χ2n) is 6.80. The molecule has 0 bridgehead atoms. The van der Waals surface area contributed by atoms with Crippen LogP contribution in [-0.4, -0.2) is 49.1 Å². The first-order valence-electron chi connectivity index (χ1n) is 8.16. The van der Waals surface area contributed by atoms with E-state index >= 15 is 0 Å². The van der Waals surface area contributed by atoms with Crippen LogP contribution in [0.25, 0.3) is 0 Å². The maximum atomic E-state index is 5.91. The molecule has 2 rings (SSSR count). The second-order valence-corrected chi connectivity index (χ2v) is 6.80. The summed E-state index contributed by atoms with van der Waals surface area (Å²) in [5, 5.41) is 3.45. The summed E-state index contributed by atoms with van der Waals surface area (Å²) in [6, 6.07) is 3.41. The van der Waals surface area contributed by atoms with Crippen molar-refractivity contribution in [2.24, 2.45) is 0 Å². The normalized spacial score (nSPS) is 20.0. The average molecular weight is 293 g/mol. The van der Waals surface area contributed by atoms with Gasteiger partial charge in [-0.25, -0.2) is 0 Å². The SMILES string of the molecule is Cc1oc(CN(C)CC2CCCN2C)cc1CNC(C)C. The first kappa shape index (κ1) is 16.5. The summed E-state index contributed by atoms with van der Waals surface area (Å²) in [4.78, 5) is 4.85. The minimum atomic E-state index is 0.503. The number of nitrogens with zero attached hydrogens (tertiary/aromatic N) is 2. The van der Waals surface area contributed by atoms with E-state index in [2.05, 4.69) is 56.0 Å². The van der Waals surface area contributed by atoms with Gasteiger partial charge in [-0.2, -0.15) is 0 Å². The van der Waals surface area contributed by atoms with Crippen LogP contribution >= 0.6 is 0 Å². The Kier molecular flexibility index (Phi) is 5.85. The summed E-state index contributed by atoms with van der Waals surface area (Å²) in [6.07, 6.45) is 2.65. The minimum Gasteiger partial charge on any atom is -0.465 e. The molecule has 1 saturated heterocycles. The van der Waals surface area contributed by atoms with Crippen LogP contribution in [-0.2, 0) is 13.1 Å². The van der Waals surface area contributed by atoms with Gasteiger partial charge in [0.05, 0.1) is 6.54 Å². The van der Waals surface area contributed by atoms with Crippen molar-refractivity contribution in [1.29, 1.82) is 0 Å². The molecule has 0 spiro atoms. The molecule has 1 aromatic heterocycles. The molecule has 4 nitrogen and oxygen atoms in total. The van der Waals surface area contributed by atoms with Gasteiger partial charge in [-0.1, -0.05) is 13.8 Å². The van der Waals surface area contributed by atoms with E-state index in [0.29, 0.717) is 12.1 Å². The van der Waals surface area contributed by atoms with Crippen molar-refractivity contribution >= 4 is 0 Å². The number of nitrogens with one attached hydrogen (secondary N) is 1. The topological polar surface area (TPSA) is 31.7 Å². The predicted molar refractivity (Wildman–Crippen MR) is 87.4 cm³/mol. The summed E-state index contributed by atoms with van der Waals surface area (Å²) in [5.74, 6) is 2.13. The summed E-state index contributed by atoms with van der Waals surface area (Å²) < 4.78 is 5.91. The van der Waals surface area contributed by atoms with E-state index in [0.717, 1.165) is 31.2 Å². The van der Waals surface area contributed by atoms with Crippen LogP contribution in [0, 0.1) is 6.92 Å². The van der Waals surface area contributed by atoms with Crippen molar-refractivity contribution < 1.29 is 4.42 Å². The molecule has 2 heterocycles. The second kappa shape index (κ2) is 7.43.